The van der Waals surface area contributed by atoms with Gasteiger partial charge in [0.2, 0.25) is 0 Å². The molecule has 6 nitrogen and oxygen atoms in total. The first kappa shape index (κ1) is 48.8. The van der Waals surface area contributed by atoms with Crippen LogP contribution in [-0.4, -0.2) is 70.2 Å². The molecule has 0 unspecified atom stereocenters. The summed E-state index contributed by atoms with van der Waals surface area (Å²) in [4.78, 5) is 3.30. The molecular formula is C50H76N2O4. The second kappa shape index (κ2) is 23.8. The number of unbranched alkanes of at least 4 members (excludes halogenated alkanes) is 6. The molecule has 4 N–H and O–H groups in total. The fourth-order valence-corrected chi connectivity index (χ4v) is 8.37. The molecule has 2 aromatic rings. The van der Waals surface area contributed by atoms with Crippen LogP contribution in [0.5, 0.6) is 0 Å². The molecule has 0 fully saturated rings. The minimum atomic E-state index is -0.270. The molecule has 1 aliphatic rings. The lowest BCUT2D eigenvalue weighted by molar-refractivity contribution is 0.0281. The van der Waals surface area contributed by atoms with Gasteiger partial charge in [-0.25, -0.2) is 0 Å². The highest BCUT2D eigenvalue weighted by molar-refractivity contribution is 5.66. The van der Waals surface area contributed by atoms with Crippen LogP contribution >= 0.6 is 0 Å². The molecule has 6 heteroatoms. The number of nitrogens with zero attached hydrogens (tertiary/aromatic N) is 2. The van der Waals surface area contributed by atoms with Crippen LogP contribution < -0.4 is 0 Å². The van der Waals surface area contributed by atoms with E-state index in [1.54, 1.807) is 9.80 Å². The Morgan fingerprint density at radius 2 is 1.07 bits per heavy atom. The van der Waals surface area contributed by atoms with E-state index in [0.717, 1.165) is 69.8 Å². The van der Waals surface area contributed by atoms with Crippen LogP contribution in [-0.2, 0) is 10.8 Å². The van der Waals surface area contributed by atoms with Gasteiger partial charge in [-0.1, -0.05) is 172 Å². The first-order valence-corrected chi connectivity index (χ1v) is 20.5. The van der Waals surface area contributed by atoms with Gasteiger partial charge in [0.1, 0.15) is 0 Å². The Labute approximate surface area is 341 Å². The van der Waals surface area contributed by atoms with E-state index in [1.165, 1.54) is 39.0 Å². The Hall–Kier alpha value is -3.36. The Balaban J connectivity index is 0.0000108. The lowest BCUT2D eigenvalue weighted by atomic mass is 9.66. The third-order valence-electron chi connectivity index (χ3n) is 12.2. The average Bonchev–Trinajstić information content (AvgIpc) is 3.39. The Morgan fingerprint density at radius 3 is 1.46 bits per heavy atom. The van der Waals surface area contributed by atoms with E-state index in [1.807, 2.05) is 6.08 Å². The number of allylic oxidation sites excluding steroid dienone is 10. The predicted octanol–water partition coefficient (Wildman–Crippen LogP) is 10.7. The summed E-state index contributed by atoms with van der Waals surface area (Å²) in [6, 6.07) is 21.5. The SMILES string of the molecule is C.C=C/C(=C\C1=C(C)C(=C)/C(=C\C(=C/C)C(C)(C)c2ccccc2)C1(CCCCCCN(CO)CO)CCCCCCN(CO)CO)C(C)(C)c1ccccc1. The number of aliphatic hydroxyl groups is 4. The topological polar surface area (TPSA) is 87.4 Å². The second-order valence-electron chi connectivity index (χ2n) is 16.4. The second-order valence-corrected chi connectivity index (χ2v) is 16.4. The van der Waals surface area contributed by atoms with E-state index in [-0.39, 0.29) is 50.6 Å². The van der Waals surface area contributed by atoms with E-state index in [0.29, 0.717) is 13.1 Å². The molecule has 3 rings (SSSR count). The molecule has 56 heavy (non-hydrogen) atoms. The maximum Gasteiger partial charge on any atom is 0.0974 e. The third-order valence-corrected chi connectivity index (χ3v) is 12.2. The van der Waals surface area contributed by atoms with E-state index in [9.17, 15) is 20.4 Å². The molecule has 0 bridgehead atoms. The average molecular weight is 769 g/mol. The van der Waals surface area contributed by atoms with Gasteiger partial charge >= 0.3 is 0 Å². The van der Waals surface area contributed by atoms with Gasteiger partial charge in [-0.05, 0) is 84.1 Å². The summed E-state index contributed by atoms with van der Waals surface area (Å²) in [6.45, 7) is 23.6. The molecule has 0 aromatic heterocycles. The van der Waals surface area contributed by atoms with Gasteiger partial charge in [-0.15, -0.1) is 0 Å². The highest BCUT2D eigenvalue weighted by Gasteiger charge is 2.45. The Morgan fingerprint density at radius 1 is 0.661 bits per heavy atom. The van der Waals surface area contributed by atoms with Crippen molar-refractivity contribution >= 4 is 0 Å². The molecule has 0 amide bonds. The number of rotatable bonds is 25. The zero-order valence-corrected chi connectivity index (χ0v) is 35.0. The van der Waals surface area contributed by atoms with Gasteiger partial charge in [-0.2, -0.15) is 0 Å². The van der Waals surface area contributed by atoms with Gasteiger partial charge in [0.05, 0.1) is 26.9 Å². The lowest BCUT2D eigenvalue weighted by Crippen LogP contribution is -2.27. The van der Waals surface area contributed by atoms with Crippen molar-refractivity contribution in [1.29, 1.82) is 0 Å². The highest BCUT2D eigenvalue weighted by Crippen LogP contribution is 2.58. The van der Waals surface area contributed by atoms with Gasteiger partial charge in [0, 0.05) is 29.3 Å². The van der Waals surface area contributed by atoms with Gasteiger partial charge in [0.25, 0.3) is 0 Å². The van der Waals surface area contributed by atoms with E-state index in [2.05, 4.69) is 127 Å². The van der Waals surface area contributed by atoms with Gasteiger partial charge < -0.3 is 20.4 Å². The van der Waals surface area contributed by atoms with Gasteiger partial charge in [-0.3, -0.25) is 9.80 Å². The van der Waals surface area contributed by atoms with Crippen LogP contribution in [0, 0.1) is 5.41 Å². The fourth-order valence-electron chi connectivity index (χ4n) is 8.37. The van der Waals surface area contributed by atoms with Crippen LogP contribution in [0.1, 0.15) is 124 Å². The number of aliphatic hydroxyl groups excluding tert-OH is 4. The molecular weight excluding hydrogens is 693 g/mol. The fraction of sp³-hybridized carbons (Fsp3) is 0.520. The molecule has 0 radical (unpaired) electrons. The normalized spacial score (nSPS) is 16.0. The Kier molecular flexibility index (Phi) is 20.7. The van der Waals surface area contributed by atoms with Crippen molar-refractivity contribution in [2.75, 3.05) is 40.0 Å². The van der Waals surface area contributed by atoms with Crippen LogP contribution in [0.15, 0.2) is 132 Å². The summed E-state index contributed by atoms with van der Waals surface area (Å²) in [5.41, 5.74) is 9.22. The number of hydrogen-bond acceptors (Lipinski definition) is 6. The smallest absolute Gasteiger partial charge is 0.0974 e. The minimum absolute atomic E-state index is 0. The predicted molar refractivity (Wildman–Crippen MR) is 238 cm³/mol. The summed E-state index contributed by atoms with van der Waals surface area (Å²) in [5.74, 6) is 0. The van der Waals surface area contributed by atoms with Crippen LogP contribution in [0.4, 0.5) is 0 Å². The molecule has 1 aliphatic carbocycles. The maximum atomic E-state index is 9.55. The zero-order chi connectivity index (χ0) is 40.5. The van der Waals surface area contributed by atoms with Crippen molar-refractivity contribution in [1.82, 2.24) is 9.80 Å². The van der Waals surface area contributed by atoms with E-state index in [4.69, 9.17) is 6.58 Å². The molecule has 2 aromatic carbocycles. The van der Waals surface area contributed by atoms with Crippen molar-refractivity contribution in [2.24, 2.45) is 5.41 Å². The summed E-state index contributed by atoms with van der Waals surface area (Å²) in [5, 5.41) is 38.2. The quantitative estimate of drug-likeness (QED) is 0.0457. The molecule has 0 heterocycles. The molecule has 310 valence electrons. The highest BCUT2D eigenvalue weighted by atomic mass is 16.3. The standard InChI is InChI=1S/C49H72N2O4.CH4/c1-9-41(47(5,6)43-25-17-15-18-26-43)33-45-39(3)40(4)46(34-42(10-2)48(7,8)44-27-19-16-20-28-44)49(45,29-21-11-13-23-31-50(35-52)36-53)30-22-12-14-24-32-51(37-54)38-55;/h9-10,15-20,25-28,33-34,52-55H,1,4,11-14,21-24,29-32,35-38H2,2-3,5-8H3;1H4/b41-33+,42-10+,46-34+;. The first-order valence-electron chi connectivity index (χ1n) is 20.5. The largest absolute Gasteiger partial charge is 0.381 e. The van der Waals surface area contributed by atoms with Crippen LogP contribution in [0.2, 0.25) is 0 Å². The van der Waals surface area contributed by atoms with Gasteiger partial charge in [0.15, 0.2) is 0 Å². The third kappa shape index (κ3) is 12.3. The summed E-state index contributed by atoms with van der Waals surface area (Å²) in [6.07, 6.45) is 19.2. The van der Waals surface area contributed by atoms with Crippen molar-refractivity contribution in [2.45, 2.75) is 124 Å². The lowest BCUT2D eigenvalue weighted by Gasteiger charge is -2.37. The van der Waals surface area contributed by atoms with E-state index >= 15 is 0 Å². The van der Waals surface area contributed by atoms with Crippen LogP contribution in [0.25, 0.3) is 0 Å². The van der Waals surface area contributed by atoms with Crippen molar-refractivity contribution < 1.29 is 20.4 Å². The summed E-state index contributed by atoms with van der Waals surface area (Å²) >= 11 is 0. The number of benzene rings is 2. The first-order chi connectivity index (χ1) is 26.4. The molecule has 0 saturated carbocycles. The monoisotopic (exact) mass is 769 g/mol. The summed E-state index contributed by atoms with van der Waals surface area (Å²) in [7, 11) is 0. The van der Waals surface area contributed by atoms with Crippen molar-refractivity contribution in [3.8, 4) is 0 Å². The molecule has 0 saturated heterocycles. The van der Waals surface area contributed by atoms with Crippen molar-refractivity contribution in [3.63, 3.8) is 0 Å². The zero-order valence-electron chi connectivity index (χ0n) is 35.0. The minimum Gasteiger partial charge on any atom is -0.381 e. The molecule has 0 atom stereocenters. The van der Waals surface area contributed by atoms with Crippen LogP contribution in [0.3, 0.4) is 0 Å². The maximum absolute atomic E-state index is 9.55. The number of hydrogen-bond donors (Lipinski definition) is 4. The van der Waals surface area contributed by atoms with Crippen molar-refractivity contribution in [3.05, 3.63) is 143 Å². The Bertz CT molecular complexity index is 1580. The molecule has 0 aliphatic heterocycles. The molecule has 0 spiro atoms. The van der Waals surface area contributed by atoms with E-state index < -0.39 is 0 Å². The summed E-state index contributed by atoms with van der Waals surface area (Å²) < 4.78 is 0.